The number of hydrogen-bond acceptors (Lipinski definition) is 3. The first kappa shape index (κ1) is 16.4. The molecule has 0 bridgehead atoms. The summed E-state index contributed by atoms with van der Waals surface area (Å²) in [6.45, 7) is 0. The van der Waals surface area contributed by atoms with E-state index in [2.05, 4.69) is 4.98 Å². The highest BCUT2D eigenvalue weighted by Crippen LogP contribution is 2.37. The molecule has 48 heavy (non-hydrogen) atoms. The fourth-order valence-electron chi connectivity index (χ4n) is 5.64. The summed E-state index contributed by atoms with van der Waals surface area (Å²) in [4.78, 5) is 14.1. The maximum Gasteiger partial charge on any atom is 0.164 e. The summed E-state index contributed by atoms with van der Waals surface area (Å²) in [5.41, 5.74) is 1.57. The molecule has 0 aliphatic carbocycles. The minimum Gasteiger partial charge on any atom is -0.208 e. The molecular weight excluding hydrogens is 583 g/mol. The molecule has 0 atom stereocenters. The van der Waals surface area contributed by atoms with E-state index < -0.39 is 102 Å². The second-order valence-electron chi connectivity index (χ2n) is 10.9. The first-order chi connectivity index (χ1) is 30.0. The summed E-state index contributed by atoms with van der Waals surface area (Å²) in [5.74, 6) is 0.0733. The van der Waals surface area contributed by atoms with Gasteiger partial charge >= 0.3 is 0 Å². The zero-order valence-electron chi connectivity index (χ0n) is 39.9. The minimum atomic E-state index is -0.772. The normalized spacial score (nSPS) is 15.7. The number of nitrogens with zero attached hydrogens (tertiary/aromatic N) is 3. The summed E-state index contributed by atoms with van der Waals surface area (Å²) >= 11 is 0. The van der Waals surface area contributed by atoms with Crippen LogP contribution >= 0.6 is 0 Å². The van der Waals surface area contributed by atoms with Crippen molar-refractivity contribution in [2.45, 2.75) is 0 Å². The standard InChI is InChI=1S/C45H29N3/c1-3-12-30(13-4-1)31-22-24-33(25-23-31)44-46-43(32-14-5-2-6-15-32)47-45(48-44)36-17-11-16-34(28-36)35-26-27-41-39-20-8-7-18-37(39)38-19-9-10-21-40(38)42(41)29-35/h1-29H/i7D,8D,9D,10D,11D,16D,17D,18D,19D,20D,21D,26D,27D,28D,29D. The van der Waals surface area contributed by atoms with E-state index in [9.17, 15) is 5.48 Å². The van der Waals surface area contributed by atoms with Crippen LogP contribution in [0.15, 0.2) is 176 Å². The molecule has 8 aromatic carbocycles. The Kier molecular flexibility index (Phi) is 4.01. The van der Waals surface area contributed by atoms with Crippen LogP contribution in [0.3, 0.4) is 0 Å². The van der Waals surface area contributed by atoms with E-state index in [-0.39, 0.29) is 55.4 Å². The van der Waals surface area contributed by atoms with Gasteiger partial charge in [0.1, 0.15) is 0 Å². The zero-order valence-corrected chi connectivity index (χ0v) is 24.9. The van der Waals surface area contributed by atoms with Crippen LogP contribution in [0.1, 0.15) is 20.6 Å². The van der Waals surface area contributed by atoms with E-state index in [1.165, 1.54) is 0 Å². The van der Waals surface area contributed by atoms with Crippen LogP contribution in [0, 0.1) is 0 Å². The van der Waals surface area contributed by atoms with Gasteiger partial charge in [-0.2, -0.15) is 0 Å². The second kappa shape index (κ2) is 11.7. The lowest BCUT2D eigenvalue weighted by atomic mass is 9.92. The Hall–Kier alpha value is -6.45. The highest BCUT2D eigenvalue weighted by atomic mass is 15.0. The molecule has 0 aliphatic rings. The number of aromatic nitrogens is 3. The van der Waals surface area contributed by atoms with Crippen LogP contribution in [0.5, 0.6) is 0 Å². The molecule has 1 heterocycles. The monoisotopic (exact) mass is 626 g/mol. The van der Waals surface area contributed by atoms with Gasteiger partial charge in [-0.15, -0.1) is 0 Å². The molecule has 9 rings (SSSR count). The fourth-order valence-corrected chi connectivity index (χ4v) is 5.64. The number of benzene rings is 8. The summed E-state index contributed by atoms with van der Waals surface area (Å²) in [6, 6.07) is 15.4. The summed E-state index contributed by atoms with van der Waals surface area (Å²) in [5, 5.41) is -2.17. The van der Waals surface area contributed by atoms with Crippen molar-refractivity contribution in [2.75, 3.05) is 0 Å². The maximum absolute atomic E-state index is 9.68. The molecule has 0 saturated carbocycles. The van der Waals surface area contributed by atoms with Gasteiger partial charge in [0.15, 0.2) is 17.5 Å². The van der Waals surface area contributed by atoms with Crippen LogP contribution in [0.25, 0.3) is 88.7 Å². The van der Waals surface area contributed by atoms with Crippen LogP contribution < -0.4 is 0 Å². The Balaban J connectivity index is 1.38. The molecule has 0 spiro atoms. The van der Waals surface area contributed by atoms with Gasteiger partial charge in [-0.1, -0.05) is 163 Å². The van der Waals surface area contributed by atoms with Crippen LogP contribution in [0.2, 0.25) is 0 Å². The van der Waals surface area contributed by atoms with E-state index in [4.69, 9.17) is 25.0 Å². The average molecular weight is 627 g/mol. The maximum atomic E-state index is 9.68. The van der Waals surface area contributed by atoms with Crippen molar-refractivity contribution in [3.05, 3.63) is 176 Å². The molecule has 0 aliphatic heterocycles. The van der Waals surface area contributed by atoms with Crippen molar-refractivity contribution >= 4 is 32.3 Å². The average Bonchev–Trinajstić information content (AvgIpc) is 3.30. The Morgan fingerprint density at radius 3 is 1.31 bits per heavy atom. The van der Waals surface area contributed by atoms with E-state index in [0.717, 1.165) is 11.1 Å². The zero-order chi connectivity index (χ0) is 44.9. The van der Waals surface area contributed by atoms with Crippen molar-refractivity contribution in [2.24, 2.45) is 0 Å². The van der Waals surface area contributed by atoms with Crippen molar-refractivity contribution in [3.63, 3.8) is 0 Å². The molecule has 9 aromatic rings. The Labute approximate surface area is 299 Å². The smallest absolute Gasteiger partial charge is 0.164 e. The Morgan fingerprint density at radius 1 is 0.292 bits per heavy atom. The first-order valence-corrected chi connectivity index (χ1v) is 15.0. The molecule has 224 valence electrons. The van der Waals surface area contributed by atoms with Gasteiger partial charge in [-0.3, -0.25) is 0 Å². The van der Waals surface area contributed by atoms with Gasteiger partial charge in [-0.05, 0) is 66.7 Å². The number of hydrogen-bond donors (Lipinski definition) is 0. The molecule has 0 saturated heterocycles. The molecule has 0 radical (unpaired) electrons. The lowest BCUT2D eigenvalue weighted by Crippen LogP contribution is -2.00. The number of rotatable bonds is 5. The molecule has 0 unspecified atom stereocenters. The minimum absolute atomic E-state index is 0.152. The molecule has 3 heteroatoms. The third-order valence-corrected chi connectivity index (χ3v) is 7.95. The van der Waals surface area contributed by atoms with Gasteiger partial charge in [0.2, 0.25) is 0 Å². The molecule has 1 aromatic heterocycles. The van der Waals surface area contributed by atoms with Gasteiger partial charge in [0.05, 0.1) is 20.6 Å². The fraction of sp³-hybridized carbons (Fsp3) is 0. The molecule has 0 N–H and O–H groups in total. The molecule has 0 fully saturated rings. The summed E-state index contributed by atoms with van der Waals surface area (Å²) in [7, 11) is 0. The molecular formula is C45H29N3. The first-order valence-electron chi connectivity index (χ1n) is 22.5. The molecule has 3 nitrogen and oxygen atoms in total. The van der Waals surface area contributed by atoms with E-state index in [0.29, 0.717) is 11.1 Å². The van der Waals surface area contributed by atoms with Crippen LogP contribution in [-0.4, -0.2) is 15.0 Å². The predicted octanol–water partition coefficient (Wildman–Crippen LogP) is 11.7. The highest BCUT2D eigenvalue weighted by molar-refractivity contribution is 6.25. The predicted molar refractivity (Wildman–Crippen MR) is 200 cm³/mol. The summed E-state index contributed by atoms with van der Waals surface area (Å²) in [6.07, 6.45) is 0. The lowest BCUT2D eigenvalue weighted by Gasteiger charge is -2.13. The Morgan fingerprint density at radius 2 is 0.708 bits per heavy atom. The van der Waals surface area contributed by atoms with Crippen molar-refractivity contribution in [1.29, 1.82) is 0 Å². The SMILES string of the molecule is [2H]c1c([2H])c(-c2nc(-c3ccccc3)nc(-c3ccc(-c4ccccc4)cc3)n2)c([2H])c(-c2c([2H])c([2H])c3c4c([2H])c([2H])c([2H])c([2H])c4c4c([2H])c([2H])c([2H])c([2H])c4c3c2[2H])c1[2H]. The van der Waals surface area contributed by atoms with Gasteiger partial charge in [-0.25, -0.2) is 15.0 Å². The van der Waals surface area contributed by atoms with Crippen molar-refractivity contribution in [1.82, 2.24) is 15.0 Å². The Bertz CT molecular complexity index is 3390. The summed E-state index contributed by atoms with van der Waals surface area (Å²) < 4.78 is 135. The highest BCUT2D eigenvalue weighted by Gasteiger charge is 2.14. The second-order valence-corrected chi connectivity index (χ2v) is 10.9. The van der Waals surface area contributed by atoms with Crippen LogP contribution in [0.4, 0.5) is 0 Å². The van der Waals surface area contributed by atoms with Gasteiger partial charge < -0.3 is 0 Å². The third-order valence-electron chi connectivity index (χ3n) is 7.95. The van der Waals surface area contributed by atoms with Crippen molar-refractivity contribution in [3.8, 4) is 56.4 Å². The van der Waals surface area contributed by atoms with E-state index in [1.807, 2.05) is 42.5 Å². The topological polar surface area (TPSA) is 38.7 Å². The molecule has 0 amide bonds. The lowest BCUT2D eigenvalue weighted by molar-refractivity contribution is 1.07. The van der Waals surface area contributed by atoms with E-state index in [1.54, 1.807) is 42.5 Å². The number of fused-ring (bicyclic) bond motifs is 6. The third kappa shape index (κ3) is 4.99. The largest absolute Gasteiger partial charge is 0.208 e. The van der Waals surface area contributed by atoms with Gasteiger partial charge in [0.25, 0.3) is 0 Å². The van der Waals surface area contributed by atoms with Gasteiger partial charge in [0, 0.05) is 16.7 Å². The quantitative estimate of drug-likeness (QED) is 0.178. The van der Waals surface area contributed by atoms with Crippen LogP contribution in [-0.2, 0) is 0 Å². The van der Waals surface area contributed by atoms with Crippen molar-refractivity contribution < 1.29 is 20.6 Å². The van der Waals surface area contributed by atoms with E-state index >= 15 is 0 Å².